The van der Waals surface area contributed by atoms with Crippen molar-refractivity contribution in [1.82, 2.24) is 4.31 Å². The maximum Gasteiger partial charge on any atom is 0.257 e. The number of halogens is 1. The lowest BCUT2D eigenvalue weighted by molar-refractivity contribution is 0.102. The lowest BCUT2D eigenvalue weighted by atomic mass is 10.1. The van der Waals surface area contributed by atoms with E-state index >= 15 is 0 Å². The summed E-state index contributed by atoms with van der Waals surface area (Å²) in [5.41, 5.74) is 1.83. The van der Waals surface area contributed by atoms with Crippen LogP contribution in [0.15, 0.2) is 47.4 Å². The van der Waals surface area contributed by atoms with Crippen molar-refractivity contribution in [1.29, 1.82) is 0 Å². The summed E-state index contributed by atoms with van der Waals surface area (Å²) in [7, 11) is -0.778. The SMILES string of the molecule is CCc1cccc(NC(=O)c2cc(S(=O)(=O)N(C)C)ccc2Cl)c1. The predicted molar refractivity (Wildman–Crippen MR) is 96.1 cm³/mol. The molecule has 128 valence electrons. The van der Waals surface area contributed by atoms with Gasteiger partial charge >= 0.3 is 0 Å². The van der Waals surface area contributed by atoms with Crippen molar-refractivity contribution < 1.29 is 13.2 Å². The van der Waals surface area contributed by atoms with Crippen molar-refractivity contribution in [2.75, 3.05) is 19.4 Å². The molecule has 0 saturated heterocycles. The molecule has 0 aliphatic rings. The molecule has 1 N–H and O–H groups in total. The van der Waals surface area contributed by atoms with Crippen LogP contribution in [0.3, 0.4) is 0 Å². The Morgan fingerprint density at radius 3 is 2.50 bits per heavy atom. The number of nitrogens with one attached hydrogen (secondary N) is 1. The largest absolute Gasteiger partial charge is 0.322 e. The first-order chi connectivity index (χ1) is 11.3. The second-order valence-electron chi connectivity index (χ2n) is 5.44. The Kier molecular flexibility index (Phi) is 5.64. The second-order valence-corrected chi connectivity index (χ2v) is 8.00. The highest BCUT2D eigenvalue weighted by atomic mass is 35.5. The van der Waals surface area contributed by atoms with Gasteiger partial charge in [0.25, 0.3) is 5.91 Å². The van der Waals surface area contributed by atoms with Crippen molar-refractivity contribution >= 4 is 33.2 Å². The smallest absolute Gasteiger partial charge is 0.257 e. The van der Waals surface area contributed by atoms with E-state index in [-0.39, 0.29) is 15.5 Å². The molecule has 0 aliphatic carbocycles. The van der Waals surface area contributed by atoms with E-state index in [9.17, 15) is 13.2 Å². The average molecular weight is 367 g/mol. The highest BCUT2D eigenvalue weighted by molar-refractivity contribution is 7.89. The van der Waals surface area contributed by atoms with Gasteiger partial charge in [0, 0.05) is 19.8 Å². The minimum absolute atomic E-state index is 0.0179. The summed E-state index contributed by atoms with van der Waals surface area (Å²) < 4.78 is 25.5. The fraction of sp³-hybridized carbons (Fsp3) is 0.235. The Balaban J connectivity index is 2.35. The quantitative estimate of drug-likeness (QED) is 0.881. The molecule has 0 heterocycles. The van der Waals surface area contributed by atoms with Crippen molar-refractivity contribution in [3.05, 3.63) is 58.6 Å². The molecule has 2 rings (SSSR count). The highest BCUT2D eigenvalue weighted by Gasteiger charge is 2.20. The van der Waals surface area contributed by atoms with Gasteiger partial charge in [0.1, 0.15) is 0 Å². The highest BCUT2D eigenvalue weighted by Crippen LogP contribution is 2.23. The normalized spacial score (nSPS) is 11.5. The number of hydrogen-bond acceptors (Lipinski definition) is 3. The summed E-state index contributed by atoms with van der Waals surface area (Å²) in [6, 6.07) is 11.5. The summed E-state index contributed by atoms with van der Waals surface area (Å²) >= 11 is 6.08. The van der Waals surface area contributed by atoms with E-state index in [0.29, 0.717) is 5.69 Å². The summed E-state index contributed by atoms with van der Waals surface area (Å²) in [5.74, 6) is -0.455. The third kappa shape index (κ3) is 3.95. The fourth-order valence-corrected chi connectivity index (χ4v) is 3.25. The Bertz CT molecular complexity index is 864. The molecule has 24 heavy (non-hydrogen) atoms. The lowest BCUT2D eigenvalue weighted by Gasteiger charge is -2.13. The fourth-order valence-electron chi connectivity index (χ4n) is 2.12. The first-order valence-electron chi connectivity index (χ1n) is 7.38. The van der Waals surface area contributed by atoms with Crippen LogP contribution < -0.4 is 5.32 Å². The van der Waals surface area contributed by atoms with E-state index in [2.05, 4.69) is 5.32 Å². The minimum Gasteiger partial charge on any atom is -0.322 e. The van der Waals surface area contributed by atoms with Crippen LogP contribution in [0, 0.1) is 0 Å². The van der Waals surface area contributed by atoms with Gasteiger partial charge in [-0.15, -0.1) is 0 Å². The maximum atomic E-state index is 12.5. The summed E-state index contributed by atoms with van der Waals surface area (Å²) in [6.07, 6.45) is 0.848. The van der Waals surface area contributed by atoms with E-state index in [4.69, 9.17) is 11.6 Å². The van der Waals surface area contributed by atoms with Gasteiger partial charge in [0.15, 0.2) is 0 Å². The second kappa shape index (κ2) is 7.34. The number of anilines is 1. The monoisotopic (exact) mass is 366 g/mol. The number of amides is 1. The van der Waals surface area contributed by atoms with Gasteiger partial charge in [-0.3, -0.25) is 4.79 Å². The number of aryl methyl sites for hydroxylation is 1. The standard InChI is InChI=1S/C17H19ClN2O3S/c1-4-12-6-5-7-13(10-12)19-17(21)15-11-14(8-9-16(15)18)24(22,23)20(2)3/h5-11H,4H2,1-3H3,(H,19,21). The number of carbonyl (C=O) groups excluding carboxylic acids is 1. The van der Waals surface area contributed by atoms with Gasteiger partial charge in [-0.2, -0.15) is 0 Å². The van der Waals surface area contributed by atoms with Crippen LogP contribution in [-0.2, 0) is 16.4 Å². The van der Waals surface area contributed by atoms with Gasteiger partial charge in [0.2, 0.25) is 10.0 Å². The maximum absolute atomic E-state index is 12.5. The molecular formula is C17H19ClN2O3S. The van der Waals surface area contributed by atoms with Crippen molar-refractivity contribution in [2.24, 2.45) is 0 Å². The van der Waals surface area contributed by atoms with Crippen LogP contribution in [0.4, 0.5) is 5.69 Å². The lowest BCUT2D eigenvalue weighted by Crippen LogP contribution is -2.23. The first-order valence-corrected chi connectivity index (χ1v) is 9.20. The van der Waals surface area contributed by atoms with E-state index in [1.54, 1.807) is 6.07 Å². The van der Waals surface area contributed by atoms with Gasteiger partial charge in [0.05, 0.1) is 15.5 Å². The predicted octanol–water partition coefficient (Wildman–Crippen LogP) is 3.41. The van der Waals surface area contributed by atoms with Gasteiger partial charge < -0.3 is 5.32 Å². The number of sulfonamides is 1. The molecule has 0 atom stereocenters. The first kappa shape index (κ1) is 18.4. The summed E-state index contributed by atoms with van der Waals surface area (Å²) in [5, 5.41) is 2.94. The molecule has 0 aromatic heterocycles. The molecule has 7 heteroatoms. The number of nitrogens with zero attached hydrogens (tertiary/aromatic N) is 1. The van der Waals surface area contributed by atoms with Crippen molar-refractivity contribution in [3.8, 4) is 0 Å². The molecular weight excluding hydrogens is 348 g/mol. The van der Waals surface area contributed by atoms with Crippen LogP contribution in [0.2, 0.25) is 5.02 Å². The van der Waals surface area contributed by atoms with Crippen LogP contribution in [0.1, 0.15) is 22.8 Å². The van der Waals surface area contributed by atoms with Crippen LogP contribution >= 0.6 is 11.6 Å². The van der Waals surface area contributed by atoms with E-state index in [1.165, 1.54) is 32.3 Å². The Morgan fingerprint density at radius 1 is 1.17 bits per heavy atom. The molecule has 0 bridgehead atoms. The Labute approximate surface area is 147 Å². The summed E-state index contributed by atoms with van der Waals surface area (Å²) in [4.78, 5) is 12.5. The molecule has 0 fully saturated rings. The Morgan fingerprint density at radius 2 is 1.88 bits per heavy atom. The average Bonchev–Trinajstić information content (AvgIpc) is 2.54. The third-order valence-electron chi connectivity index (χ3n) is 3.55. The molecule has 0 spiro atoms. The number of hydrogen-bond donors (Lipinski definition) is 1. The number of benzene rings is 2. The Hall–Kier alpha value is -1.89. The zero-order valence-electron chi connectivity index (χ0n) is 13.7. The molecule has 1 amide bonds. The molecule has 0 radical (unpaired) electrons. The van der Waals surface area contributed by atoms with Gasteiger partial charge in [-0.25, -0.2) is 12.7 Å². The van der Waals surface area contributed by atoms with Gasteiger partial charge in [-0.05, 0) is 42.3 Å². The molecule has 0 unspecified atom stereocenters. The molecule has 0 saturated carbocycles. The molecule has 5 nitrogen and oxygen atoms in total. The van der Waals surface area contributed by atoms with E-state index < -0.39 is 15.9 Å². The van der Waals surface area contributed by atoms with Crippen LogP contribution in [0.5, 0.6) is 0 Å². The number of rotatable bonds is 5. The molecule has 0 aliphatic heterocycles. The zero-order chi connectivity index (χ0) is 17.9. The topological polar surface area (TPSA) is 66.5 Å². The third-order valence-corrected chi connectivity index (χ3v) is 5.69. The van der Waals surface area contributed by atoms with E-state index in [0.717, 1.165) is 16.3 Å². The van der Waals surface area contributed by atoms with Crippen LogP contribution in [-0.4, -0.2) is 32.7 Å². The minimum atomic E-state index is -3.64. The zero-order valence-corrected chi connectivity index (χ0v) is 15.3. The molecule has 2 aromatic rings. The van der Waals surface area contributed by atoms with E-state index in [1.807, 2.05) is 25.1 Å². The van der Waals surface area contributed by atoms with Crippen LogP contribution in [0.25, 0.3) is 0 Å². The van der Waals surface area contributed by atoms with Crippen molar-refractivity contribution in [3.63, 3.8) is 0 Å². The van der Waals surface area contributed by atoms with Gasteiger partial charge in [-0.1, -0.05) is 30.7 Å². The van der Waals surface area contributed by atoms with Crippen molar-refractivity contribution in [2.45, 2.75) is 18.2 Å². The number of carbonyl (C=O) groups is 1. The molecule has 2 aromatic carbocycles. The summed E-state index contributed by atoms with van der Waals surface area (Å²) in [6.45, 7) is 2.02.